The molecule has 2 saturated heterocycles. The lowest BCUT2D eigenvalue weighted by Gasteiger charge is -2.31. The Morgan fingerprint density at radius 2 is 1.55 bits per heavy atom. The van der Waals surface area contributed by atoms with Crippen molar-refractivity contribution in [2.75, 3.05) is 32.2 Å². The van der Waals surface area contributed by atoms with Gasteiger partial charge in [0, 0.05) is 6.61 Å². The second-order valence-electron chi connectivity index (χ2n) is 16.4. The van der Waals surface area contributed by atoms with Crippen molar-refractivity contribution in [2.24, 2.45) is 0 Å². The molecule has 0 aliphatic carbocycles. The number of hydrogen-bond donors (Lipinski definition) is 2. The number of phosphoric ester groups is 1. The lowest BCUT2D eigenvalue weighted by Crippen LogP contribution is -2.44. The predicted molar refractivity (Wildman–Crippen MR) is 221 cm³/mol. The first-order chi connectivity index (χ1) is 27.9. The number of nitrogens with zero attached hydrogens (tertiary/aromatic N) is 4. The fourth-order valence-corrected chi connectivity index (χ4v) is 8.63. The molecule has 58 heavy (non-hydrogen) atoms. The zero-order valence-corrected chi connectivity index (χ0v) is 35.9. The Hall–Kier alpha value is -3.12. The third-order valence-electron chi connectivity index (χ3n) is 10.9. The molecule has 14 nitrogen and oxygen atoms in total. The van der Waals surface area contributed by atoms with Crippen molar-refractivity contribution in [2.45, 2.75) is 166 Å². The van der Waals surface area contributed by atoms with E-state index in [2.05, 4.69) is 23.1 Å². The summed E-state index contributed by atoms with van der Waals surface area (Å²) in [6.45, 7) is 7.60. The number of nitrogens with two attached hydrogens (primary N) is 1. The van der Waals surface area contributed by atoms with Gasteiger partial charge in [0.2, 0.25) is 0 Å². The molecule has 3 aromatic rings. The highest BCUT2D eigenvalue weighted by molar-refractivity contribution is 7.47. The Morgan fingerprint density at radius 1 is 0.897 bits per heavy atom. The monoisotopic (exact) mass is 827 g/mol. The maximum absolute atomic E-state index is 13.4. The van der Waals surface area contributed by atoms with Gasteiger partial charge in [0.15, 0.2) is 11.6 Å². The first kappa shape index (κ1) is 46.0. The van der Waals surface area contributed by atoms with E-state index in [0.717, 1.165) is 12.8 Å². The lowest BCUT2D eigenvalue weighted by atomic mass is 9.97. The van der Waals surface area contributed by atoms with Crippen LogP contribution < -0.4 is 10.5 Å². The number of unbranched alkanes of at least 4 members (excludes halogenated alkanes) is 15. The lowest BCUT2D eigenvalue weighted by molar-refractivity contribution is -0.212. The van der Waals surface area contributed by atoms with Gasteiger partial charge in [-0.3, -0.25) is 9.05 Å². The zero-order valence-electron chi connectivity index (χ0n) is 35.0. The summed E-state index contributed by atoms with van der Waals surface area (Å²) in [7, 11) is -4.64. The van der Waals surface area contributed by atoms with Gasteiger partial charge in [-0.25, -0.2) is 14.1 Å². The Balaban J connectivity index is 1.05. The first-order valence-electron chi connectivity index (χ1n) is 21.4. The van der Waals surface area contributed by atoms with Crippen molar-refractivity contribution in [3.05, 3.63) is 54.0 Å². The SMILES string of the molecule is CCCCCCCCCCCCCCCCCCOC[C@H](COP(=O)(O)OC[C@@]1(C)O[C@@H](c2ccc3c(N)ncnn23)[C@@H]2OC(C)(C)O[C@@H]21)Oc1cccc(C#N)c1. The molecule has 0 spiro atoms. The second kappa shape index (κ2) is 22.5. The predicted octanol–water partition coefficient (Wildman–Crippen LogP) is 9.39. The maximum atomic E-state index is 13.4. The molecule has 4 heterocycles. The van der Waals surface area contributed by atoms with Crippen molar-refractivity contribution < 1.29 is 42.2 Å². The summed E-state index contributed by atoms with van der Waals surface area (Å²) >= 11 is 0. The largest absolute Gasteiger partial charge is 0.486 e. The van der Waals surface area contributed by atoms with Gasteiger partial charge in [0.25, 0.3) is 0 Å². The minimum Gasteiger partial charge on any atom is -0.486 e. The molecule has 0 radical (unpaired) electrons. The first-order valence-corrected chi connectivity index (χ1v) is 22.9. The van der Waals surface area contributed by atoms with Crippen LogP contribution in [0.3, 0.4) is 0 Å². The Kier molecular flexibility index (Phi) is 17.8. The van der Waals surface area contributed by atoms with Crippen LogP contribution >= 0.6 is 7.82 Å². The number of ether oxygens (including phenoxy) is 5. The highest BCUT2D eigenvalue weighted by Crippen LogP contribution is 2.52. The minimum absolute atomic E-state index is 0.112. The average Bonchev–Trinajstić information content (AvgIpc) is 3.86. The van der Waals surface area contributed by atoms with Gasteiger partial charge in [-0.2, -0.15) is 10.4 Å². The molecule has 0 amide bonds. The Morgan fingerprint density at radius 3 is 2.21 bits per heavy atom. The molecule has 2 fully saturated rings. The molecular weight excluding hydrogens is 761 g/mol. The number of benzene rings is 1. The third-order valence-corrected chi connectivity index (χ3v) is 11.8. The van der Waals surface area contributed by atoms with Crippen LogP contribution in [0.2, 0.25) is 0 Å². The molecule has 0 saturated carbocycles. The van der Waals surface area contributed by atoms with Gasteiger partial charge in [0.05, 0.1) is 37.1 Å². The molecule has 322 valence electrons. The van der Waals surface area contributed by atoms with Gasteiger partial charge in [0.1, 0.15) is 47.6 Å². The van der Waals surface area contributed by atoms with Crippen molar-refractivity contribution in [1.82, 2.24) is 14.6 Å². The summed E-state index contributed by atoms with van der Waals surface area (Å²) in [5.74, 6) is -0.212. The fourth-order valence-electron chi connectivity index (χ4n) is 7.78. The second-order valence-corrected chi connectivity index (χ2v) is 17.8. The Labute approximate surface area is 344 Å². The molecule has 2 aliphatic heterocycles. The van der Waals surface area contributed by atoms with Crippen LogP contribution in [0.15, 0.2) is 42.7 Å². The normalized spacial score (nSPS) is 22.8. The van der Waals surface area contributed by atoms with Crippen molar-refractivity contribution >= 4 is 19.2 Å². The third kappa shape index (κ3) is 13.7. The zero-order chi connectivity index (χ0) is 41.4. The molecule has 15 heteroatoms. The number of rotatable bonds is 28. The maximum Gasteiger partial charge on any atom is 0.472 e. The van der Waals surface area contributed by atoms with Gasteiger partial charge < -0.3 is 34.3 Å². The summed E-state index contributed by atoms with van der Waals surface area (Å²) in [5.41, 5.74) is 6.56. The van der Waals surface area contributed by atoms with E-state index in [1.807, 2.05) is 6.07 Å². The number of phosphoric acid groups is 1. The highest BCUT2D eigenvalue weighted by Gasteiger charge is 2.62. The topological polar surface area (TPSA) is 182 Å². The molecule has 6 atom stereocenters. The van der Waals surface area contributed by atoms with Crippen LogP contribution in [-0.4, -0.2) is 75.6 Å². The summed E-state index contributed by atoms with van der Waals surface area (Å²) in [6, 6.07) is 12.4. The van der Waals surface area contributed by atoms with E-state index in [0.29, 0.717) is 34.9 Å². The van der Waals surface area contributed by atoms with E-state index >= 15 is 0 Å². The summed E-state index contributed by atoms with van der Waals surface area (Å²) < 4.78 is 57.2. The number of fused-ring (bicyclic) bond motifs is 2. The van der Waals surface area contributed by atoms with Crippen molar-refractivity contribution in [1.29, 1.82) is 5.26 Å². The van der Waals surface area contributed by atoms with Crippen LogP contribution in [0.1, 0.15) is 148 Å². The van der Waals surface area contributed by atoms with Gasteiger partial charge in [-0.1, -0.05) is 109 Å². The average molecular weight is 828 g/mol. The Bertz CT molecular complexity index is 1790. The van der Waals surface area contributed by atoms with E-state index in [1.54, 1.807) is 55.6 Å². The van der Waals surface area contributed by atoms with E-state index in [-0.39, 0.29) is 19.8 Å². The summed E-state index contributed by atoms with van der Waals surface area (Å²) in [4.78, 5) is 15.0. The molecule has 2 aliphatic rings. The van der Waals surface area contributed by atoms with Crippen molar-refractivity contribution in [3.63, 3.8) is 0 Å². The summed E-state index contributed by atoms with van der Waals surface area (Å²) in [5, 5.41) is 13.7. The van der Waals surface area contributed by atoms with Crippen molar-refractivity contribution in [3.8, 4) is 11.8 Å². The number of anilines is 1. The quantitative estimate of drug-likeness (QED) is 0.0522. The molecule has 1 unspecified atom stereocenters. The molecule has 0 bridgehead atoms. The van der Waals surface area contributed by atoms with Crippen LogP contribution in [0.4, 0.5) is 5.82 Å². The van der Waals surface area contributed by atoms with E-state index < -0.39 is 43.6 Å². The number of aromatic nitrogens is 3. The molecule has 5 rings (SSSR count). The fraction of sp³-hybridized carbons (Fsp3) is 0.698. The van der Waals surface area contributed by atoms with E-state index in [4.69, 9.17) is 38.5 Å². The highest BCUT2D eigenvalue weighted by atomic mass is 31.2. The van der Waals surface area contributed by atoms with Crippen LogP contribution in [0.5, 0.6) is 5.75 Å². The van der Waals surface area contributed by atoms with Gasteiger partial charge in [-0.15, -0.1) is 0 Å². The molecular formula is C43H66N5O9P. The van der Waals surface area contributed by atoms with E-state index in [1.165, 1.54) is 96.2 Å². The molecule has 2 aromatic heterocycles. The summed E-state index contributed by atoms with van der Waals surface area (Å²) in [6.07, 6.45) is 19.4. The number of hydrogen-bond acceptors (Lipinski definition) is 12. The minimum atomic E-state index is -4.64. The molecule has 3 N–H and O–H groups in total. The van der Waals surface area contributed by atoms with Crippen LogP contribution in [-0.2, 0) is 32.6 Å². The number of nitrogen functional groups attached to an aromatic ring is 1. The van der Waals surface area contributed by atoms with Gasteiger partial charge >= 0.3 is 7.82 Å². The van der Waals surface area contributed by atoms with Crippen LogP contribution in [0.25, 0.3) is 5.52 Å². The number of nitriles is 1. The van der Waals surface area contributed by atoms with E-state index in [9.17, 15) is 14.7 Å². The molecule has 1 aromatic carbocycles. The smallest absolute Gasteiger partial charge is 0.472 e. The van der Waals surface area contributed by atoms with Gasteiger partial charge in [-0.05, 0) is 57.5 Å². The van der Waals surface area contributed by atoms with Crippen LogP contribution in [0, 0.1) is 11.3 Å². The standard InChI is InChI=1S/C43H66N5O9P/c1-5-6-7-8-9-10-11-12-13-14-15-16-17-18-19-20-26-51-29-35(54-34-23-21-22-33(27-34)28-44)30-52-58(49,50)53-31-43(4)40-39(55-42(2,3)57-40)38(56-43)36-24-25-37-41(45)46-32-47-48(36)37/h21-25,27,32,35,38-40H,5-20,26,29-31H2,1-4H3,(H,49,50)(H2,45,46,47)/t35-,38+,39+,40+,43-/m1/s1.